The normalized spacial score (nSPS) is 21.4. The Hall–Kier alpha value is -1.55. The molecule has 0 saturated carbocycles. The van der Waals surface area contributed by atoms with Crippen LogP contribution in [0.25, 0.3) is 0 Å². The van der Waals surface area contributed by atoms with Gasteiger partial charge in [0.05, 0.1) is 0 Å². The van der Waals surface area contributed by atoms with Gasteiger partial charge in [-0.1, -0.05) is 135 Å². The minimum Gasteiger partial charge on any atom is -0.463 e. The summed E-state index contributed by atoms with van der Waals surface area (Å²) in [6.07, 6.45) is 22.8. The van der Waals surface area contributed by atoms with Gasteiger partial charge in [0.25, 0.3) is 0 Å². The van der Waals surface area contributed by atoms with Crippen LogP contribution >= 0.6 is 12.2 Å². The lowest BCUT2D eigenvalue weighted by atomic mass is 10.0. The van der Waals surface area contributed by atoms with Gasteiger partial charge in [0, 0.05) is 14.0 Å². The quantitative estimate of drug-likeness (QED) is 0.0579. The van der Waals surface area contributed by atoms with E-state index in [0.29, 0.717) is 6.42 Å². The van der Waals surface area contributed by atoms with E-state index in [0.717, 1.165) is 19.3 Å². The Bertz CT molecular complexity index is 936. The fraction of sp³-hybridized carbons (Fsp3) is 0.848. The summed E-state index contributed by atoms with van der Waals surface area (Å²) in [5, 5.41) is 20.8. The first-order valence-corrected chi connectivity index (χ1v) is 17.2. The molecule has 1 aromatic rings. The molecular weight excluding hydrogens is 550 g/mol. The molecule has 0 aromatic carbocycles. The molecule has 2 rings (SSSR count). The lowest BCUT2D eigenvalue weighted by Crippen LogP contribution is -2.34. The van der Waals surface area contributed by atoms with Crippen molar-refractivity contribution in [3.8, 4) is 0 Å². The van der Waals surface area contributed by atoms with Gasteiger partial charge >= 0.3 is 5.97 Å². The van der Waals surface area contributed by atoms with Crippen LogP contribution in [0.1, 0.15) is 156 Å². The molecule has 242 valence electrons. The van der Waals surface area contributed by atoms with E-state index in [4.69, 9.17) is 28.8 Å². The van der Waals surface area contributed by atoms with Gasteiger partial charge in [0.2, 0.25) is 4.77 Å². The van der Waals surface area contributed by atoms with Crippen LogP contribution < -0.4 is 5.73 Å². The van der Waals surface area contributed by atoms with Crippen LogP contribution in [0.5, 0.6) is 0 Å². The number of hydrogen-bond donors (Lipinski definition) is 3. The van der Waals surface area contributed by atoms with Crippen LogP contribution in [-0.2, 0) is 14.3 Å². The number of aromatic nitrogens is 2. The second-order valence-electron chi connectivity index (χ2n) is 11.9. The second kappa shape index (κ2) is 22.9. The minimum atomic E-state index is -1.28. The highest BCUT2D eigenvalue weighted by molar-refractivity contribution is 7.71. The molecule has 8 nitrogen and oxygen atoms in total. The van der Waals surface area contributed by atoms with Crippen LogP contribution in [-0.4, -0.2) is 50.7 Å². The Morgan fingerprint density at radius 2 is 1.33 bits per heavy atom. The van der Waals surface area contributed by atoms with Crippen molar-refractivity contribution in [2.45, 2.75) is 173 Å². The molecular formula is C33H59N3O5S. The van der Waals surface area contributed by atoms with Crippen molar-refractivity contribution in [3.63, 3.8) is 0 Å². The molecule has 0 amide bonds. The van der Waals surface area contributed by atoms with Gasteiger partial charge in [0.15, 0.2) is 6.23 Å². The Kier molecular flexibility index (Phi) is 19.1. The lowest BCUT2D eigenvalue weighted by Gasteiger charge is -2.18. The van der Waals surface area contributed by atoms with Crippen molar-refractivity contribution in [2.75, 3.05) is 12.3 Å². The average molecular weight is 611 g/mol. The summed E-state index contributed by atoms with van der Waals surface area (Å²) in [7, 11) is 0. The highest BCUT2D eigenvalue weighted by atomic mass is 32.1. The van der Waals surface area contributed by atoms with E-state index in [1.807, 2.05) is 0 Å². The van der Waals surface area contributed by atoms with Gasteiger partial charge in [-0.2, -0.15) is 0 Å². The van der Waals surface area contributed by atoms with Crippen molar-refractivity contribution in [3.05, 3.63) is 17.0 Å². The zero-order chi connectivity index (χ0) is 31.3. The SMILES string of the molecule is [2H]C(CCCCCCCCCCCCCCCCCCCCCC)C(=O)OC[C@H]1OC(n2ccc(N)nc2=S)[C@@H](O)[C@@H]1O. The van der Waals surface area contributed by atoms with E-state index in [9.17, 15) is 15.0 Å². The van der Waals surface area contributed by atoms with E-state index < -0.39 is 36.9 Å². The fourth-order valence-corrected chi connectivity index (χ4v) is 5.83. The number of aliphatic hydroxyl groups excluding tert-OH is 2. The number of nitrogens with two attached hydrogens (primary N) is 1. The molecule has 0 bridgehead atoms. The topological polar surface area (TPSA) is 120 Å². The van der Waals surface area contributed by atoms with Gasteiger partial charge in [-0.05, 0) is 24.7 Å². The largest absolute Gasteiger partial charge is 0.463 e. The number of rotatable bonds is 25. The van der Waals surface area contributed by atoms with Crippen LogP contribution in [0.15, 0.2) is 12.3 Å². The van der Waals surface area contributed by atoms with Crippen LogP contribution in [0.3, 0.4) is 0 Å². The Morgan fingerprint density at radius 1 is 0.881 bits per heavy atom. The Labute approximate surface area is 261 Å². The molecule has 1 aliphatic heterocycles. The number of anilines is 1. The van der Waals surface area contributed by atoms with Gasteiger partial charge in [-0.3, -0.25) is 9.36 Å². The number of nitrogens with zero attached hydrogens (tertiary/aromatic N) is 2. The van der Waals surface area contributed by atoms with Crippen molar-refractivity contribution in [2.24, 2.45) is 0 Å². The van der Waals surface area contributed by atoms with Crippen molar-refractivity contribution >= 4 is 24.0 Å². The zero-order valence-corrected chi connectivity index (χ0v) is 26.9. The first-order chi connectivity index (χ1) is 20.8. The summed E-state index contributed by atoms with van der Waals surface area (Å²) in [5.41, 5.74) is 5.62. The second-order valence-corrected chi connectivity index (χ2v) is 12.3. The number of nitrogen functional groups attached to an aromatic ring is 1. The summed E-state index contributed by atoms with van der Waals surface area (Å²) in [6.45, 7) is 2.02. The van der Waals surface area contributed by atoms with Gasteiger partial charge in [-0.25, -0.2) is 4.98 Å². The summed E-state index contributed by atoms with van der Waals surface area (Å²) >= 11 is 5.16. The van der Waals surface area contributed by atoms with Gasteiger partial charge in [-0.15, -0.1) is 0 Å². The highest BCUT2D eigenvalue weighted by Crippen LogP contribution is 2.30. The molecule has 1 saturated heterocycles. The van der Waals surface area contributed by atoms with E-state index in [2.05, 4.69) is 11.9 Å². The number of esters is 1. The monoisotopic (exact) mass is 610 g/mol. The number of aliphatic hydroxyl groups is 2. The predicted octanol–water partition coefficient (Wildman–Crippen LogP) is 7.96. The Morgan fingerprint density at radius 3 is 1.79 bits per heavy atom. The summed E-state index contributed by atoms with van der Waals surface area (Å²) in [4.78, 5) is 16.3. The van der Waals surface area contributed by atoms with Crippen molar-refractivity contribution < 1.29 is 25.9 Å². The molecule has 0 aliphatic carbocycles. The number of carbonyl (C=O) groups is 1. The molecule has 0 spiro atoms. The molecule has 9 heteroatoms. The molecule has 42 heavy (non-hydrogen) atoms. The third-order valence-corrected chi connectivity index (χ3v) is 8.52. The number of hydrogen-bond acceptors (Lipinski definition) is 8. The number of unbranched alkanes of at least 4 members (excludes halogenated alkanes) is 19. The molecule has 0 radical (unpaired) electrons. The summed E-state index contributed by atoms with van der Waals surface area (Å²) in [6, 6.07) is 1.51. The van der Waals surface area contributed by atoms with Crippen LogP contribution in [0.4, 0.5) is 5.82 Å². The van der Waals surface area contributed by atoms with E-state index >= 15 is 0 Å². The zero-order valence-electron chi connectivity index (χ0n) is 27.1. The minimum absolute atomic E-state index is 0.106. The lowest BCUT2D eigenvalue weighted by molar-refractivity contribution is -0.150. The van der Waals surface area contributed by atoms with Gasteiger partial charge in [0.1, 0.15) is 30.7 Å². The molecule has 1 fully saturated rings. The average Bonchev–Trinajstić information content (AvgIpc) is 3.27. The molecule has 1 aromatic heterocycles. The molecule has 2 unspecified atom stereocenters. The maximum Gasteiger partial charge on any atom is 0.305 e. The first-order valence-electron chi connectivity index (χ1n) is 17.4. The standard InChI is InChI=1S/C33H59N3O5S/c1-2-3-4-5-6-7-8-9-10-11-12-13-14-15-16-17-18-19-20-21-22-23-29(37)40-26-27-30(38)31(39)32(41-27)36-25-24-28(34)35-33(36)42/h24-25,27,30-32,38-39H,2-23,26H2,1H3,(H2,34,35,42)/t27-,30-,31+,32?/m1/s1/i23D/t23?,27-,30-,31+,32?. The smallest absolute Gasteiger partial charge is 0.305 e. The molecule has 4 N–H and O–H groups in total. The third-order valence-electron chi connectivity index (χ3n) is 8.22. The maximum atomic E-state index is 12.3. The molecule has 2 heterocycles. The summed E-state index contributed by atoms with van der Waals surface area (Å²) < 4.78 is 20.6. The Balaban J connectivity index is 1.40. The van der Waals surface area contributed by atoms with Crippen molar-refractivity contribution in [1.82, 2.24) is 9.55 Å². The van der Waals surface area contributed by atoms with E-state index in [1.165, 1.54) is 126 Å². The van der Waals surface area contributed by atoms with Gasteiger partial charge < -0.3 is 25.4 Å². The predicted molar refractivity (Wildman–Crippen MR) is 172 cm³/mol. The van der Waals surface area contributed by atoms with E-state index in [-0.39, 0.29) is 17.2 Å². The van der Waals surface area contributed by atoms with Crippen LogP contribution in [0, 0.1) is 4.77 Å². The van der Waals surface area contributed by atoms with E-state index in [1.54, 1.807) is 0 Å². The molecule has 1 aliphatic rings. The number of carbonyl (C=O) groups excluding carboxylic acids is 1. The molecule has 5 atom stereocenters. The number of ether oxygens (including phenoxy) is 2. The first kappa shape index (κ1) is 34.9. The summed E-state index contributed by atoms with van der Waals surface area (Å²) in [5.74, 6) is -0.404. The highest BCUT2D eigenvalue weighted by Gasteiger charge is 2.44. The van der Waals surface area contributed by atoms with Crippen molar-refractivity contribution in [1.29, 1.82) is 0 Å². The fourth-order valence-electron chi connectivity index (χ4n) is 5.56. The maximum absolute atomic E-state index is 12.3. The third kappa shape index (κ3) is 15.3. The van der Waals surface area contributed by atoms with Crippen LogP contribution in [0.2, 0.25) is 0 Å².